The van der Waals surface area contributed by atoms with Crippen LogP contribution >= 0.6 is 0 Å². The molecule has 1 aromatic heterocycles. The van der Waals surface area contributed by atoms with Crippen LogP contribution < -0.4 is 10.0 Å². The minimum atomic E-state index is -3.56. The molecule has 0 saturated carbocycles. The Morgan fingerprint density at radius 2 is 2.29 bits per heavy atom. The zero-order chi connectivity index (χ0) is 15.3. The van der Waals surface area contributed by atoms with E-state index in [1.54, 1.807) is 6.20 Å². The Hall–Kier alpha value is -0.960. The quantitative estimate of drug-likeness (QED) is 0.653. The van der Waals surface area contributed by atoms with Gasteiger partial charge in [0, 0.05) is 31.2 Å². The lowest BCUT2D eigenvalue weighted by atomic mass is 10.0. The molecule has 0 aromatic carbocycles. The second-order valence-corrected chi connectivity index (χ2v) is 6.93. The molecule has 0 spiro atoms. The fourth-order valence-corrected chi connectivity index (χ4v) is 3.80. The Morgan fingerprint density at radius 3 is 3.00 bits per heavy atom. The first-order valence-electron chi connectivity index (χ1n) is 7.42. The average molecular weight is 316 g/mol. The van der Waals surface area contributed by atoms with Gasteiger partial charge in [0.05, 0.1) is 12.3 Å². The fourth-order valence-electron chi connectivity index (χ4n) is 2.58. The van der Waals surface area contributed by atoms with E-state index in [0.717, 1.165) is 19.4 Å². The maximum atomic E-state index is 12.4. The van der Waals surface area contributed by atoms with Gasteiger partial charge in [-0.2, -0.15) is 5.10 Å². The summed E-state index contributed by atoms with van der Waals surface area (Å²) in [6.07, 6.45) is 3.50. The zero-order valence-electron chi connectivity index (χ0n) is 12.6. The van der Waals surface area contributed by atoms with Crippen molar-refractivity contribution < 1.29 is 13.2 Å². The molecular formula is C13H24N4O3S. The second kappa shape index (κ2) is 7.35. The number of hydrogen-bond acceptors (Lipinski definition) is 5. The number of nitrogens with one attached hydrogen (secondary N) is 3. The molecule has 2 heterocycles. The predicted octanol–water partition coefficient (Wildman–Crippen LogP) is 0.613. The van der Waals surface area contributed by atoms with E-state index in [4.69, 9.17) is 4.74 Å². The van der Waals surface area contributed by atoms with Crippen LogP contribution in [0.1, 0.15) is 32.3 Å². The first kappa shape index (κ1) is 16.4. The molecule has 0 bridgehead atoms. The third-order valence-electron chi connectivity index (χ3n) is 3.80. The van der Waals surface area contributed by atoms with Crippen LogP contribution in [0.25, 0.3) is 0 Å². The maximum Gasteiger partial charge on any atom is 0.257 e. The van der Waals surface area contributed by atoms with Gasteiger partial charge in [0.15, 0.2) is 5.03 Å². The van der Waals surface area contributed by atoms with E-state index in [1.807, 2.05) is 6.92 Å². The Bertz CT molecular complexity index is 543. The summed E-state index contributed by atoms with van der Waals surface area (Å²) in [6, 6.07) is 0. The van der Waals surface area contributed by atoms with Crippen LogP contribution in [-0.2, 0) is 21.3 Å². The van der Waals surface area contributed by atoms with Gasteiger partial charge in [-0.3, -0.25) is 5.10 Å². The van der Waals surface area contributed by atoms with Gasteiger partial charge < -0.3 is 10.1 Å². The molecule has 0 aliphatic carbocycles. The monoisotopic (exact) mass is 316 g/mol. The smallest absolute Gasteiger partial charge is 0.257 e. The summed E-state index contributed by atoms with van der Waals surface area (Å²) in [5, 5.41) is 9.68. The molecule has 3 N–H and O–H groups in total. The van der Waals surface area contributed by atoms with Crippen LogP contribution in [0, 0.1) is 5.92 Å². The summed E-state index contributed by atoms with van der Waals surface area (Å²) in [6.45, 7) is 6.39. The minimum Gasteiger partial charge on any atom is -0.378 e. The molecule has 1 aliphatic heterocycles. The molecule has 2 unspecified atom stereocenters. The molecular weight excluding hydrogens is 292 g/mol. The Kier molecular flexibility index (Phi) is 5.74. The van der Waals surface area contributed by atoms with E-state index in [-0.39, 0.29) is 17.0 Å². The number of hydrogen-bond donors (Lipinski definition) is 3. The molecule has 1 fully saturated rings. The van der Waals surface area contributed by atoms with Crippen molar-refractivity contribution in [1.82, 2.24) is 20.2 Å². The van der Waals surface area contributed by atoms with Crippen LogP contribution in [-0.4, -0.2) is 44.4 Å². The fraction of sp³-hybridized carbons (Fsp3) is 0.769. The van der Waals surface area contributed by atoms with Crippen LogP contribution in [0.2, 0.25) is 0 Å². The minimum absolute atomic E-state index is 0.149. The van der Waals surface area contributed by atoms with Gasteiger partial charge in [-0.05, 0) is 19.4 Å². The molecule has 0 radical (unpaired) electrons. The molecule has 1 aromatic rings. The van der Waals surface area contributed by atoms with Gasteiger partial charge in [-0.15, -0.1) is 0 Å². The third kappa shape index (κ3) is 4.03. The first-order valence-corrected chi connectivity index (χ1v) is 8.91. The highest BCUT2D eigenvalue weighted by Gasteiger charge is 2.29. The highest BCUT2D eigenvalue weighted by molar-refractivity contribution is 7.89. The third-order valence-corrected chi connectivity index (χ3v) is 5.23. The van der Waals surface area contributed by atoms with Crippen molar-refractivity contribution in [3.05, 3.63) is 11.8 Å². The largest absolute Gasteiger partial charge is 0.378 e. The summed E-state index contributed by atoms with van der Waals surface area (Å²) in [5.41, 5.74) is 0.652. The number of aromatic amines is 1. The van der Waals surface area contributed by atoms with Crippen molar-refractivity contribution in [3.8, 4) is 0 Å². The molecule has 2 rings (SSSR count). The summed E-state index contributed by atoms with van der Waals surface area (Å²) in [4.78, 5) is 0. The van der Waals surface area contributed by atoms with E-state index >= 15 is 0 Å². The number of rotatable bonds is 8. The van der Waals surface area contributed by atoms with Crippen LogP contribution in [0.4, 0.5) is 0 Å². The molecule has 1 aliphatic rings. The first-order chi connectivity index (χ1) is 10.1. The maximum absolute atomic E-state index is 12.4. The summed E-state index contributed by atoms with van der Waals surface area (Å²) < 4.78 is 33.0. The average Bonchev–Trinajstić information content (AvgIpc) is 3.11. The van der Waals surface area contributed by atoms with Crippen LogP contribution in [0.5, 0.6) is 0 Å². The van der Waals surface area contributed by atoms with E-state index < -0.39 is 10.0 Å². The topological polar surface area (TPSA) is 96.1 Å². The Labute approximate surface area is 125 Å². The lowest BCUT2D eigenvalue weighted by molar-refractivity contribution is 0.0884. The number of ether oxygens (including phenoxy) is 1. The summed E-state index contributed by atoms with van der Waals surface area (Å²) >= 11 is 0. The van der Waals surface area contributed by atoms with Crippen LogP contribution in [0.15, 0.2) is 11.2 Å². The van der Waals surface area contributed by atoms with Gasteiger partial charge in [0.1, 0.15) is 0 Å². The lowest BCUT2D eigenvalue weighted by Crippen LogP contribution is -2.33. The lowest BCUT2D eigenvalue weighted by Gasteiger charge is -2.17. The predicted molar refractivity (Wildman–Crippen MR) is 79.3 cm³/mol. The van der Waals surface area contributed by atoms with E-state index in [0.29, 0.717) is 25.3 Å². The van der Waals surface area contributed by atoms with Gasteiger partial charge in [0.2, 0.25) is 0 Å². The molecule has 2 atom stereocenters. The van der Waals surface area contributed by atoms with Crippen molar-refractivity contribution in [3.63, 3.8) is 0 Å². The van der Waals surface area contributed by atoms with Crippen molar-refractivity contribution in [2.45, 2.75) is 44.4 Å². The molecule has 0 amide bonds. The molecule has 21 heavy (non-hydrogen) atoms. The van der Waals surface area contributed by atoms with Gasteiger partial charge >= 0.3 is 0 Å². The number of nitrogens with zero attached hydrogens (tertiary/aromatic N) is 1. The van der Waals surface area contributed by atoms with E-state index in [1.165, 1.54) is 0 Å². The highest BCUT2D eigenvalue weighted by atomic mass is 32.2. The van der Waals surface area contributed by atoms with Gasteiger partial charge in [-0.1, -0.05) is 13.8 Å². The number of aromatic nitrogens is 2. The van der Waals surface area contributed by atoms with Crippen molar-refractivity contribution in [2.75, 3.05) is 19.7 Å². The van der Waals surface area contributed by atoms with Gasteiger partial charge in [-0.25, -0.2) is 13.1 Å². The highest BCUT2D eigenvalue weighted by Crippen LogP contribution is 2.23. The van der Waals surface area contributed by atoms with Crippen LogP contribution in [0.3, 0.4) is 0 Å². The molecule has 8 heteroatoms. The summed E-state index contributed by atoms with van der Waals surface area (Å²) in [7, 11) is -3.56. The summed E-state index contributed by atoms with van der Waals surface area (Å²) in [5.74, 6) is 0.241. The standard InChI is InChI=1S/C13H24N4O3S/c1-3-12-10(5-6-20-12)9-16-21(18,19)13-11(7-14-4-2)8-15-17-13/h8,10,12,14,16H,3-7,9H2,1-2H3,(H,15,17). The normalized spacial score (nSPS) is 22.8. The van der Waals surface area contributed by atoms with Gasteiger partial charge in [0.25, 0.3) is 10.0 Å². The van der Waals surface area contributed by atoms with Crippen molar-refractivity contribution in [2.24, 2.45) is 5.92 Å². The Balaban J connectivity index is 2.00. The molecule has 7 nitrogen and oxygen atoms in total. The molecule has 1 saturated heterocycles. The SMILES string of the molecule is CCNCc1cn[nH]c1S(=O)(=O)NCC1CCOC1CC. The molecule has 120 valence electrons. The Morgan fingerprint density at radius 1 is 1.48 bits per heavy atom. The zero-order valence-corrected chi connectivity index (χ0v) is 13.4. The second-order valence-electron chi connectivity index (χ2n) is 5.22. The van der Waals surface area contributed by atoms with Crippen molar-refractivity contribution in [1.29, 1.82) is 0 Å². The number of H-pyrrole nitrogens is 1. The van der Waals surface area contributed by atoms with Crippen molar-refractivity contribution >= 4 is 10.0 Å². The van der Waals surface area contributed by atoms with E-state index in [2.05, 4.69) is 27.2 Å². The van der Waals surface area contributed by atoms with E-state index in [9.17, 15) is 8.42 Å². The number of sulfonamides is 1.